The van der Waals surface area contributed by atoms with Gasteiger partial charge in [-0.1, -0.05) is 42.8 Å². The maximum Gasteiger partial charge on any atom is 0.471 e. The molecule has 0 aliphatic carbocycles. The molecule has 4 atom stereocenters. The van der Waals surface area contributed by atoms with Gasteiger partial charge in [0.25, 0.3) is 0 Å². The minimum absolute atomic E-state index is 0.0450. The van der Waals surface area contributed by atoms with Crippen LogP contribution in [0.4, 0.5) is 18.9 Å². The first kappa shape index (κ1) is 29.5. The van der Waals surface area contributed by atoms with E-state index in [0.717, 1.165) is 43.6 Å². The lowest BCUT2D eigenvalue weighted by Gasteiger charge is -2.39. The van der Waals surface area contributed by atoms with Crippen LogP contribution in [0, 0.1) is 0 Å². The number of aliphatic hydroxyl groups is 1. The molecule has 3 aliphatic rings. The van der Waals surface area contributed by atoms with Crippen molar-refractivity contribution in [1.29, 1.82) is 0 Å². The summed E-state index contributed by atoms with van der Waals surface area (Å²) in [6, 6.07) is 13.3. The number of amides is 2. The summed E-state index contributed by atoms with van der Waals surface area (Å²) in [4.78, 5) is 27.8. The first-order valence-electron chi connectivity index (χ1n) is 14.2. The summed E-state index contributed by atoms with van der Waals surface area (Å²) in [5.41, 5.74) is 2.83. The summed E-state index contributed by atoms with van der Waals surface area (Å²) >= 11 is 0. The number of piperidine rings is 1. The van der Waals surface area contributed by atoms with Crippen LogP contribution in [0.15, 0.2) is 48.5 Å². The molecule has 0 radical (unpaired) electrons. The third kappa shape index (κ3) is 7.27. The third-order valence-electron chi connectivity index (χ3n) is 8.01. The normalized spacial score (nSPS) is 25.7. The average Bonchev–Trinajstić information content (AvgIpc) is 3.47. The van der Waals surface area contributed by atoms with E-state index in [-0.39, 0.29) is 31.8 Å². The van der Waals surface area contributed by atoms with Gasteiger partial charge in [-0.15, -0.1) is 0 Å². The zero-order valence-electron chi connectivity index (χ0n) is 22.8. The predicted molar refractivity (Wildman–Crippen MR) is 145 cm³/mol. The first-order valence-corrected chi connectivity index (χ1v) is 14.2. The number of nitrogens with one attached hydrogen (secondary N) is 1. The Bertz CT molecular complexity index is 1200. The van der Waals surface area contributed by atoms with Gasteiger partial charge in [-0.2, -0.15) is 13.2 Å². The van der Waals surface area contributed by atoms with Gasteiger partial charge in [0.15, 0.2) is 6.29 Å². The number of aliphatic hydroxyl groups excluding tert-OH is 1. The van der Waals surface area contributed by atoms with Crippen molar-refractivity contribution in [2.24, 2.45) is 0 Å². The van der Waals surface area contributed by atoms with Crippen molar-refractivity contribution >= 4 is 17.5 Å². The fraction of sp³-hybridized carbons (Fsp3) is 0.533. The van der Waals surface area contributed by atoms with E-state index < -0.39 is 30.3 Å². The fourth-order valence-electron chi connectivity index (χ4n) is 5.90. The van der Waals surface area contributed by atoms with Crippen LogP contribution in [-0.4, -0.2) is 71.2 Å². The SMILES string of the molecule is O=C(Nc1cccc(C2OC(CN3CCCCC3)CC(c3ccc(CO)cc3)O2)c1)C1CCCN1C(=O)C(F)(F)F. The molecule has 8 nitrogen and oxygen atoms in total. The van der Waals surface area contributed by atoms with Gasteiger partial charge in [0.05, 0.1) is 18.8 Å². The quantitative estimate of drug-likeness (QED) is 0.498. The molecule has 2 aromatic rings. The van der Waals surface area contributed by atoms with Crippen LogP contribution in [0.25, 0.3) is 0 Å². The Labute approximate surface area is 237 Å². The van der Waals surface area contributed by atoms with Gasteiger partial charge < -0.3 is 29.7 Å². The topological polar surface area (TPSA) is 91.3 Å². The number of carbonyl (C=O) groups is 2. The van der Waals surface area contributed by atoms with Crippen molar-refractivity contribution in [2.75, 3.05) is 31.5 Å². The van der Waals surface area contributed by atoms with Crippen LogP contribution in [0.1, 0.15) is 67.6 Å². The van der Waals surface area contributed by atoms with Crippen molar-refractivity contribution in [3.8, 4) is 0 Å². The summed E-state index contributed by atoms with van der Waals surface area (Å²) in [6.07, 6.45) is -1.42. The second-order valence-electron chi connectivity index (χ2n) is 11.0. The largest absolute Gasteiger partial charge is 0.471 e. The number of alkyl halides is 3. The highest BCUT2D eigenvalue weighted by molar-refractivity contribution is 5.98. The molecular weight excluding hydrogens is 539 g/mol. The summed E-state index contributed by atoms with van der Waals surface area (Å²) < 4.78 is 51.9. The van der Waals surface area contributed by atoms with Crippen LogP contribution < -0.4 is 5.32 Å². The Morgan fingerprint density at radius 2 is 1.71 bits per heavy atom. The Kier molecular flexibility index (Phi) is 9.28. The highest BCUT2D eigenvalue weighted by Gasteiger charge is 2.47. The minimum atomic E-state index is -5.03. The molecule has 5 rings (SSSR count). The van der Waals surface area contributed by atoms with Crippen LogP contribution in [0.2, 0.25) is 0 Å². The number of benzene rings is 2. The van der Waals surface area contributed by atoms with Gasteiger partial charge in [-0.05, 0) is 62.0 Å². The fourth-order valence-corrected chi connectivity index (χ4v) is 5.90. The lowest BCUT2D eigenvalue weighted by atomic mass is 9.99. The highest BCUT2D eigenvalue weighted by Crippen LogP contribution is 2.39. The first-order chi connectivity index (χ1) is 19.7. The number of carbonyl (C=O) groups excluding carboxylic acids is 2. The molecule has 0 spiro atoms. The number of anilines is 1. The number of likely N-dealkylation sites (tertiary alicyclic amines) is 2. The van der Waals surface area contributed by atoms with Gasteiger partial charge >= 0.3 is 12.1 Å². The molecular formula is C30H36F3N3O5. The Morgan fingerprint density at radius 1 is 0.951 bits per heavy atom. The molecule has 0 saturated carbocycles. The second-order valence-corrected chi connectivity index (χ2v) is 11.0. The number of hydrogen-bond acceptors (Lipinski definition) is 6. The standard InChI is InChI=1S/C30H36F3N3O5/c31-30(32,33)29(39)36-15-5-8-25(36)27(38)34-23-7-4-6-22(16-23)28-40-24(18-35-13-2-1-3-14-35)17-26(41-28)21-11-9-20(19-37)10-12-21/h4,6-7,9-12,16,24-26,28,37H,1-3,5,8,13-15,17-19H2,(H,34,38). The number of ether oxygens (including phenoxy) is 2. The van der Waals surface area contributed by atoms with E-state index >= 15 is 0 Å². The Balaban J connectivity index is 1.32. The maximum atomic E-state index is 13.0. The molecule has 3 saturated heterocycles. The van der Waals surface area contributed by atoms with E-state index in [9.17, 15) is 27.9 Å². The van der Waals surface area contributed by atoms with Crippen molar-refractivity contribution in [1.82, 2.24) is 9.80 Å². The molecule has 4 unspecified atom stereocenters. The number of halogens is 3. The van der Waals surface area contributed by atoms with Crippen molar-refractivity contribution in [2.45, 2.75) is 75.8 Å². The molecule has 11 heteroatoms. The average molecular weight is 576 g/mol. The molecule has 2 aromatic carbocycles. The number of hydrogen-bond donors (Lipinski definition) is 2. The van der Waals surface area contributed by atoms with E-state index in [1.165, 1.54) is 6.42 Å². The molecule has 222 valence electrons. The molecule has 2 amide bonds. The molecule has 0 aromatic heterocycles. The zero-order chi connectivity index (χ0) is 29.0. The number of rotatable bonds is 7. The van der Waals surface area contributed by atoms with Crippen molar-refractivity contribution in [3.05, 3.63) is 65.2 Å². The van der Waals surface area contributed by atoms with E-state index in [4.69, 9.17) is 9.47 Å². The van der Waals surface area contributed by atoms with Crippen molar-refractivity contribution in [3.63, 3.8) is 0 Å². The van der Waals surface area contributed by atoms with E-state index in [1.54, 1.807) is 18.2 Å². The highest BCUT2D eigenvalue weighted by atomic mass is 19.4. The predicted octanol–water partition coefficient (Wildman–Crippen LogP) is 4.70. The Hall–Kier alpha value is -2.99. The van der Waals surface area contributed by atoms with Crippen LogP contribution >= 0.6 is 0 Å². The van der Waals surface area contributed by atoms with Gasteiger partial charge in [0, 0.05) is 30.8 Å². The molecule has 0 bridgehead atoms. The minimum Gasteiger partial charge on any atom is -0.392 e. The van der Waals surface area contributed by atoms with E-state index in [2.05, 4.69) is 10.2 Å². The maximum absolute atomic E-state index is 13.0. The van der Waals surface area contributed by atoms with Gasteiger partial charge in [-0.25, -0.2) is 0 Å². The summed E-state index contributed by atoms with van der Waals surface area (Å²) in [5, 5.41) is 12.1. The molecule has 2 N–H and O–H groups in total. The summed E-state index contributed by atoms with van der Waals surface area (Å²) in [7, 11) is 0. The van der Waals surface area contributed by atoms with Crippen molar-refractivity contribution < 1.29 is 37.3 Å². The Morgan fingerprint density at radius 3 is 2.41 bits per heavy atom. The monoisotopic (exact) mass is 575 g/mol. The van der Waals surface area contributed by atoms with Crippen LogP contribution in [0.3, 0.4) is 0 Å². The lowest BCUT2D eigenvalue weighted by molar-refractivity contribution is -0.253. The van der Waals surface area contributed by atoms with Gasteiger partial charge in [0.1, 0.15) is 6.04 Å². The molecule has 41 heavy (non-hydrogen) atoms. The molecule has 3 heterocycles. The smallest absolute Gasteiger partial charge is 0.392 e. The van der Waals surface area contributed by atoms with Crippen LogP contribution in [-0.2, 0) is 25.7 Å². The van der Waals surface area contributed by atoms with Gasteiger partial charge in [0.2, 0.25) is 5.91 Å². The summed E-state index contributed by atoms with van der Waals surface area (Å²) in [6.45, 7) is 2.66. The van der Waals surface area contributed by atoms with E-state index in [0.29, 0.717) is 29.0 Å². The molecule has 3 aliphatic heterocycles. The van der Waals surface area contributed by atoms with Gasteiger partial charge in [-0.3, -0.25) is 9.59 Å². The number of nitrogens with zero attached hydrogens (tertiary/aromatic N) is 2. The van der Waals surface area contributed by atoms with Crippen LogP contribution in [0.5, 0.6) is 0 Å². The second kappa shape index (κ2) is 12.9. The third-order valence-corrected chi connectivity index (χ3v) is 8.01. The lowest BCUT2D eigenvalue weighted by Crippen LogP contribution is -2.48. The van der Waals surface area contributed by atoms with E-state index in [1.807, 2.05) is 30.3 Å². The molecule has 3 fully saturated rings. The zero-order valence-corrected chi connectivity index (χ0v) is 22.8. The summed E-state index contributed by atoms with van der Waals surface area (Å²) in [5.74, 6) is -2.65.